The highest BCUT2D eigenvalue weighted by molar-refractivity contribution is 4.68. The maximum Gasteiger partial charge on any atom is -0.00463 e. The molecule has 1 nitrogen and oxygen atoms in total. The molecule has 1 heteroatoms. The van der Waals surface area contributed by atoms with Crippen LogP contribution in [0.5, 0.6) is 0 Å². The zero-order valence-electron chi connectivity index (χ0n) is 17.6. The van der Waals surface area contributed by atoms with Crippen molar-refractivity contribution in [3.05, 3.63) is 0 Å². The number of nitrogens with one attached hydrogen (secondary N) is 1. The van der Waals surface area contributed by atoms with Gasteiger partial charge in [0.15, 0.2) is 0 Å². The highest BCUT2D eigenvalue weighted by Gasteiger charge is 2.11. The Labute approximate surface area is 160 Å². The van der Waals surface area contributed by atoms with Crippen molar-refractivity contribution in [1.29, 1.82) is 0 Å². The largest absolute Gasteiger partial charge is 0.317 e. The second-order valence-electron chi connectivity index (χ2n) is 8.64. The number of hydrogen-bond donors (Lipinski definition) is 1. The first kappa shape index (κ1) is 23.0. The minimum atomic E-state index is 1.04. The Bertz CT molecular complexity index is 244. The van der Waals surface area contributed by atoms with Crippen LogP contribution in [0.3, 0.4) is 0 Å². The highest BCUT2D eigenvalue weighted by atomic mass is 14.9. The molecule has 0 aliphatic carbocycles. The first-order chi connectivity index (χ1) is 12.4. The zero-order valence-corrected chi connectivity index (χ0v) is 17.6. The highest BCUT2D eigenvalue weighted by Crippen LogP contribution is 2.20. The molecular weight excluding hydrogens is 302 g/mol. The number of rotatable bonds is 18. The van der Waals surface area contributed by atoms with Crippen molar-refractivity contribution in [2.24, 2.45) is 5.92 Å². The second-order valence-corrected chi connectivity index (χ2v) is 8.64. The molecule has 25 heavy (non-hydrogen) atoms. The summed E-state index contributed by atoms with van der Waals surface area (Å²) < 4.78 is 0. The second kappa shape index (κ2) is 18.7. The Balaban J connectivity index is 1.65. The van der Waals surface area contributed by atoms with Crippen molar-refractivity contribution < 1.29 is 0 Å². The van der Waals surface area contributed by atoms with Crippen LogP contribution in [0.15, 0.2) is 0 Å². The molecule has 0 spiro atoms. The number of piperidine rings is 1. The van der Waals surface area contributed by atoms with Gasteiger partial charge >= 0.3 is 0 Å². The van der Waals surface area contributed by atoms with Gasteiger partial charge in [0, 0.05) is 0 Å². The smallest absolute Gasteiger partial charge is 0.00463 e. The monoisotopic (exact) mass is 351 g/mol. The van der Waals surface area contributed by atoms with E-state index in [0.29, 0.717) is 0 Å². The fourth-order valence-electron chi connectivity index (χ4n) is 4.33. The van der Waals surface area contributed by atoms with Gasteiger partial charge in [-0.3, -0.25) is 0 Å². The predicted molar refractivity (Wildman–Crippen MR) is 114 cm³/mol. The molecule has 0 atom stereocenters. The number of hydrogen-bond acceptors (Lipinski definition) is 1. The van der Waals surface area contributed by atoms with Crippen LogP contribution in [0.4, 0.5) is 0 Å². The van der Waals surface area contributed by atoms with Gasteiger partial charge in [0.2, 0.25) is 0 Å². The molecule has 0 unspecified atom stereocenters. The Morgan fingerprint density at radius 2 is 0.880 bits per heavy atom. The Hall–Kier alpha value is -0.0400. The van der Waals surface area contributed by atoms with Crippen LogP contribution in [0.1, 0.15) is 135 Å². The molecule has 150 valence electrons. The van der Waals surface area contributed by atoms with Crippen molar-refractivity contribution in [3.8, 4) is 0 Å². The van der Waals surface area contributed by atoms with E-state index in [1.165, 1.54) is 142 Å². The van der Waals surface area contributed by atoms with Gasteiger partial charge < -0.3 is 5.32 Å². The van der Waals surface area contributed by atoms with Crippen LogP contribution in [0.2, 0.25) is 0 Å². The summed E-state index contributed by atoms with van der Waals surface area (Å²) in [7, 11) is 0. The van der Waals surface area contributed by atoms with Crippen molar-refractivity contribution in [2.75, 3.05) is 13.1 Å². The van der Waals surface area contributed by atoms with E-state index in [0.717, 1.165) is 5.92 Å². The lowest BCUT2D eigenvalue weighted by atomic mass is 9.92. The van der Waals surface area contributed by atoms with Gasteiger partial charge in [-0.1, -0.05) is 122 Å². The third-order valence-electron chi connectivity index (χ3n) is 6.17. The van der Waals surface area contributed by atoms with Gasteiger partial charge in [-0.15, -0.1) is 0 Å². The van der Waals surface area contributed by atoms with E-state index in [4.69, 9.17) is 0 Å². The molecule has 1 aliphatic heterocycles. The summed E-state index contributed by atoms with van der Waals surface area (Å²) in [5.74, 6) is 1.04. The molecule has 1 rings (SSSR count). The lowest BCUT2D eigenvalue weighted by molar-refractivity contribution is 0.342. The molecule has 0 aromatic rings. The summed E-state index contributed by atoms with van der Waals surface area (Å²) in [6.45, 7) is 4.84. The minimum absolute atomic E-state index is 1.04. The topological polar surface area (TPSA) is 12.0 Å². The molecular formula is C24H49N. The van der Waals surface area contributed by atoms with E-state index in [-0.39, 0.29) is 0 Å². The quantitative estimate of drug-likeness (QED) is 0.246. The van der Waals surface area contributed by atoms with Gasteiger partial charge in [-0.25, -0.2) is 0 Å². The molecule has 1 N–H and O–H groups in total. The molecule has 0 saturated carbocycles. The Morgan fingerprint density at radius 1 is 0.520 bits per heavy atom. The maximum absolute atomic E-state index is 3.47. The van der Waals surface area contributed by atoms with Crippen molar-refractivity contribution >= 4 is 0 Å². The molecule has 0 aromatic carbocycles. The van der Waals surface area contributed by atoms with E-state index in [2.05, 4.69) is 12.2 Å². The SMILES string of the molecule is CCCCCCCCCCCCCCCCCCCC1CCNCC1. The first-order valence-electron chi connectivity index (χ1n) is 12.1. The van der Waals surface area contributed by atoms with Gasteiger partial charge in [-0.2, -0.15) is 0 Å². The molecule has 0 amide bonds. The van der Waals surface area contributed by atoms with E-state index in [9.17, 15) is 0 Å². The molecule has 1 fully saturated rings. The molecule has 0 aromatic heterocycles. The summed E-state index contributed by atoms with van der Waals surface area (Å²) in [6, 6.07) is 0. The summed E-state index contributed by atoms with van der Waals surface area (Å²) in [6.07, 6.45) is 29.5. The lowest BCUT2D eigenvalue weighted by Crippen LogP contribution is -2.27. The van der Waals surface area contributed by atoms with Crippen molar-refractivity contribution in [3.63, 3.8) is 0 Å². The van der Waals surface area contributed by atoms with Gasteiger partial charge in [-0.05, 0) is 31.8 Å². The van der Waals surface area contributed by atoms with Crippen molar-refractivity contribution in [1.82, 2.24) is 5.32 Å². The van der Waals surface area contributed by atoms with Gasteiger partial charge in [0.1, 0.15) is 0 Å². The van der Waals surface area contributed by atoms with E-state index < -0.39 is 0 Å². The summed E-state index contributed by atoms with van der Waals surface area (Å²) in [4.78, 5) is 0. The third kappa shape index (κ3) is 15.9. The maximum atomic E-state index is 3.47. The molecule has 0 bridgehead atoms. The molecule has 1 heterocycles. The molecule has 0 radical (unpaired) electrons. The summed E-state index contributed by atoms with van der Waals surface area (Å²) in [5, 5.41) is 3.47. The van der Waals surface area contributed by atoms with Crippen LogP contribution >= 0.6 is 0 Å². The van der Waals surface area contributed by atoms with Crippen molar-refractivity contribution in [2.45, 2.75) is 135 Å². The average Bonchev–Trinajstić information content (AvgIpc) is 2.65. The Kier molecular flexibility index (Phi) is 17.2. The average molecular weight is 352 g/mol. The Morgan fingerprint density at radius 3 is 1.28 bits per heavy atom. The van der Waals surface area contributed by atoms with Crippen LogP contribution in [0, 0.1) is 5.92 Å². The first-order valence-corrected chi connectivity index (χ1v) is 12.1. The van der Waals surface area contributed by atoms with Gasteiger partial charge in [0.25, 0.3) is 0 Å². The summed E-state index contributed by atoms with van der Waals surface area (Å²) in [5.41, 5.74) is 0. The van der Waals surface area contributed by atoms with Crippen LogP contribution in [0.25, 0.3) is 0 Å². The normalized spacial score (nSPS) is 15.7. The number of unbranched alkanes of at least 4 members (excludes halogenated alkanes) is 16. The van der Waals surface area contributed by atoms with E-state index in [1.807, 2.05) is 0 Å². The zero-order chi connectivity index (χ0) is 17.8. The molecule has 1 saturated heterocycles. The van der Waals surface area contributed by atoms with E-state index >= 15 is 0 Å². The van der Waals surface area contributed by atoms with Crippen LogP contribution in [-0.2, 0) is 0 Å². The fourth-order valence-corrected chi connectivity index (χ4v) is 4.33. The third-order valence-corrected chi connectivity index (χ3v) is 6.17. The predicted octanol–water partition coefficient (Wildman–Crippen LogP) is 8.03. The lowest BCUT2D eigenvalue weighted by Gasteiger charge is -2.22. The minimum Gasteiger partial charge on any atom is -0.317 e. The van der Waals surface area contributed by atoms with Gasteiger partial charge in [0.05, 0.1) is 0 Å². The van der Waals surface area contributed by atoms with Crippen LogP contribution in [-0.4, -0.2) is 13.1 Å². The van der Waals surface area contributed by atoms with Crippen LogP contribution < -0.4 is 5.32 Å². The van der Waals surface area contributed by atoms with E-state index in [1.54, 1.807) is 0 Å². The molecule has 1 aliphatic rings. The summed E-state index contributed by atoms with van der Waals surface area (Å²) >= 11 is 0. The standard InChI is InChI=1S/C24H49N/c1-2-3-4-5-6-7-8-9-10-11-12-13-14-15-16-17-18-19-24-20-22-25-23-21-24/h24-25H,2-23H2,1H3. The fraction of sp³-hybridized carbons (Fsp3) is 1.00.